The molecule has 6 rings (SSSR count). The fourth-order valence-electron chi connectivity index (χ4n) is 6.54. The lowest BCUT2D eigenvalue weighted by Gasteiger charge is -2.37. The SMILES string of the molecule is CN(C)CCCn1c(C(Cc2ccc(Br)c(Br)c2)NC(=O)ON2CCC(N3CCc4ccccc4NC3=O)CC2)nc2ccc(Cl)cc21. The van der Waals surface area contributed by atoms with Crippen LogP contribution in [0.15, 0.2) is 69.6 Å². The number of hydrogen-bond donors (Lipinski definition) is 2. The molecular formula is C35H40Br2ClN7O3. The molecule has 0 saturated carbocycles. The largest absolute Gasteiger partial charge is 0.426 e. The van der Waals surface area contributed by atoms with Crippen LogP contribution in [0.2, 0.25) is 5.02 Å². The number of urea groups is 1. The van der Waals surface area contributed by atoms with Gasteiger partial charge >= 0.3 is 12.1 Å². The fourth-order valence-corrected chi connectivity index (χ4v) is 7.38. The number of aryl methyl sites for hydroxylation is 1. The number of anilines is 1. The van der Waals surface area contributed by atoms with E-state index in [-0.39, 0.29) is 12.1 Å². The second-order valence-corrected chi connectivity index (χ2v) is 14.8. The van der Waals surface area contributed by atoms with Gasteiger partial charge in [0.1, 0.15) is 5.82 Å². The molecule has 3 amide bonds. The summed E-state index contributed by atoms with van der Waals surface area (Å²) in [7, 11) is 4.11. The summed E-state index contributed by atoms with van der Waals surface area (Å²) < 4.78 is 4.04. The smallest absolute Gasteiger partial charge is 0.351 e. The molecule has 2 N–H and O–H groups in total. The molecule has 3 aromatic carbocycles. The van der Waals surface area contributed by atoms with Gasteiger partial charge in [-0.2, -0.15) is 0 Å². The molecule has 10 nitrogen and oxygen atoms in total. The van der Waals surface area contributed by atoms with Crippen LogP contribution in [0.25, 0.3) is 11.0 Å². The van der Waals surface area contributed by atoms with Crippen molar-refractivity contribution in [3.8, 4) is 0 Å². The average molecular weight is 802 g/mol. The molecule has 0 bridgehead atoms. The normalized spacial score (nSPS) is 16.5. The van der Waals surface area contributed by atoms with E-state index in [1.54, 1.807) is 5.06 Å². The number of nitrogens with zero attached hydrogens (tertiary/aromatic N) is 5. The van der Waals surface area contributed by atoms with E-state index in [1.165, 1.54) is 0 Å². The first-order chi connectivity index (χ1) is 23.1. The number of carbonyl (C=O) groups is 2. The van der Waals surface area contributed by atoms with Crippen molar-refractivity contribution < 1.29 is 14.4 Å². The lowest BCUT2D eigenvalue weighted by atomic mass is 10.0. The van der Waals surface area contributed by atoms with Crippen molar-refractivity contribution in [2.24, 2.45) is 0 Å². The molecule has 13 heteroatoms. The van der Waals surface area contributed by atoms with E-state index in [0.717, 1.165) is 62.0 Å². The third kappa shape index (κ3) is 8.34. The van der Waals surface area contributed by atoms with Crippen molar-refractivity contribution in [3.63, 3.8) is 0 Å². The molecule has 2 aliphatic heterocycles. The molecular weight excluding hydrogens is 762 g/mol. The Balaban J connectivity index is 1.16. The fraction of sp³-hybridized carbons (Fsp3) is 0.400. The van der Waals surface area contributed by atoms with Gasteiger partial charge in [0.15, 0.2) is 0 Å². The lowest BCUT2D eigenvalue weighted by molar-refractivity contribution is -0.120. The van der Waals surface area contributed by atoms with Gasteiger partial charge in [0.2, 0.25) is 0 Å². The molecule has 2 aliphatic rings. The summed E-state index contributed by atoms with van der Waals surface area (Å²) >= 11 is 13.6. The predicted molar refractivity (Wildman–Crippen MR) is 196 cm³/mol. The number of nitrogens with one attached hydrogen (secondary N) is 2. The minimum atomic E-state index is -0.539. The van der Waals surface area contributed by atoms with Gasteiger partial charge in [-0.25, -0.2) is 14.6 Å². The molecule has 1 unspecified atom stereocenters. The van der Waals surface area contributed by atoms with Crippen molar-refractivity contribution in [2.45, 2.75) is 50.7 Å². The Bertz CT molecular complexity index is 1780. The first-order valence-electron chi connectivity index (χ1n) is 16.3. The Kier molecular flexibility index (Phi) is 11.3. The highest BCUT2D eigenvalue weighted by Gasteiger charge is 2.32. The summed E-state index contributed by atoms with van der Waals surface area (Å²) in [5.74, 6) is 0.744. The lowest BCUT2D eigenvalue weighted by Crippen LogP contribution is -2.49. The highest BCUT2D eigenvalue weighted by molar-refractivity contribution is 9.13. The van der Waals surface area contributed by atoms with Crippen LogP contribution in [-0.4, -0.2) is 82.9 Å². The number of hydroxylamine groups is 2. The van der Waals surface area contributed by atoms with Crippen LogP contribution in [0, 0.1) is 0 Å². The Labute approximate surface area is 303 Å². The zero-order valence-corrected chi connectivity index (χ0v) is 31.0. The first kappa shape index (κ1) is 34.7. The Morgan fingerprint density at radius 3 is 2.65 bits per heavy atom. The van der Waals surface area contributed by atoms with Gasteiger partial charge in [-0.15, -0.1) is 5.06 Å². The molecule has 1 aromatic heterocycles. The van der Waals surface area contributed by atoms with Crippen molar-refractivity contribution in [1.29, 1.82) is 0 Å². The zero-order valence-electron chi connectivity index (χ0n) is 27.1. The van der Waals surface area contributed by atoms with Crippen LogP contribution in [0.4, 0.5) is 15.3 Å². The maximum Gasteiger partial charge on any atom is 0.426 e. The summed E-state index contributed by atoms with van der Waals surface area (Å²) in [5.41, 5.74) is 4.79. The zero-order chi connectivity index (χ0) is 33.8. The Hall–Kier alpha value is -3.16. The maximum atomic E-state index is 13.6. The summed E-state index contributed by atoms with van der Waals surface area (Å²) in [6, 6.07) is 19.2. The second-order valence-electron chi connectivity index (χ2n) is 12.6. The third-order valence-corrected chi connectivity index (χ3v) is 11.1. The van der Waals surface area contributed by atoms with E-state index in [0.29, 0.717) is 50.5 Å². The van der Waals surface area contributed by atoms with E-state index in [2.05, 4.69) is 72.1 Å². The average Bonchev–Trinajstić information content (AvgIpc) is 3.31. The van der Waals surface area contributed by atoms with E-state index >= 15 is 0 Å². The highest BCUT2D eigenvalue weighted by Crippen LogP contribution is 2.30. The number of para-hydroxylation sites is 1. The van der Waals surface area contributed by atoms with E-state index < -0.39 is 12.1 Å². The number of fused-ring (bicyclic) bond motifs is 2. The monoisotopic (exact) mass is 799 g/mol. The van der Waals surface area contributed by atoms with Crippen LogP contribution in [0.1, 0.15) is 42.3 Å². The van der Waals surface area contributed by atoms with Gasteiger partial charge in [0, 0.05) is 58.3 Å². The molecule has 48 heavy (non-hydrogen) atoms. The number of aromatic nitrogens is 2. The summed E-state index contributed by atoms with van der Waals surface area (Å²) in [6.07, 6.45) is 3.07. The molecule has 0 aliphatic carbocycles. The minimum absolute atomic E-state index is 0.0692. The van der Waals surface area contributed by atoms with Crippen molar-refractivity contribution >= 4 is 72.3 Å². The van der Waals surface area contributed by atoms with Gasteiger partial charge in [0.05, 0.1) is 17.1 Å². The van der Waals surface area contributed by atoms with Gasteiger partial charge < -0.3 is 29.8 Å². The summed E-state index contributed by atoms with van der Waals surface area (Å²) in [4.78, 5) is 41.6. The third-order valence-electron chi connectivity index (χ3n) is 8.97. The molecule has 1 fully saturated rings. The minimum Gasteiger partial charge on any atom is -0.351 e. The van der Waals surface area contributed by atoms with Crippen molar-refractivity contribution in [1.82, 2.24) is 29.7 Å². The van der Waals surface area contributed by atoms with Gasteiger partial charge in [-0.3, -0.25) is 0 Å². The summed E-state index contributed by atoms with van der Waals surface area (Å²) in [6.45, 7) is 3.33. The van der Waals surface area contributed by atoms with Gasteiger partial charge in [-0.1, -0.05) is 35.9 Å². The number of amides is 3. The Morgan fingerprint density at radius 1 is 1.08 bits per heavy atom. The van der Waals surface area contributed by atoms with E-state index in [1.807, 2.05) is 59.5 Å². The number of imidazole rings is 1. The standard InChI is InChI=1S/C35H40Br2ClN7O3/c1-42(2)15-5-16-45-32-22-25(38)9-11-30(32)39-33(45)31(21-23-8-10-27(36)28(37)20-23)41-35(47)48-43-17-13-26(14-18-43)44-19-12-24-6-3-4-7-29(24)40-34(44)46/h3-4,6-11,20,22,26,31H,5,12-19,21H2,1-2H3,(H,40,46)(H,41,47). The molecule has 4 aromatic rings. The summed E-state index contributed by atoms with van der Waals surface area (Å²) in [5, 5.41) is 8.55. The number of rotatable bonds is 10. The Morgan fingerprint density at radius 2 is 1.88 bits per heavy atom. The van der Waals surface area contributed by atoms with Crippen LogP contribution >= 0.6 is 43.5 Å². The quantitative estimate of drug-likeness (QED) is 0.171. The number of halogens is 3. The van der Waals surface area contributed by atoms with E-state index in [4.69, 9.17) is 21.4 Å². The number of carbonyl (C=O) groups excluding carboxylic acids is 2. The molecule has 254 valence electrons. The van der Waals surface area contributed by atoms with E-state index in [9.17, 15) is 9.59 Å². The maximum absolute atomic E-state index is 13.6. The first-order valence-corrected chi connectivity index (χ1v) is 18.2. The molecule has 1 saturated heterocycles. The van der Waals surface area contributed by atoms with Crippen molar-refractivity contribution in [3.05, 3.63) is 91.6 Å². The van der Waals surface area contributed by atoms with Crippen LogP contribution < -0.4 is 10.6 Å². The van der Waals surface area contributed by atoms with Gasteiger partial charge in [0.25, 0.3) is 0 Å². The predicted octanol–water partition coefficient (Wildman–Crippen LogP) is 7.65. The van der Waals surface area contributed by atoms with Crippen LogP contribution in [0.3, 0.4) is 0 Å². The van der Waals surface area contributed by atoms with Crippen LogP contribution in [-0.2, 0) is 24.2 Å². The van der Waals surface area contributed by atoms with Gasteiger partial charge in [-0.05, 0) is 126 Å². The highest BCUT2D eigenvalue weighted by atomic mass is 79.9. The molecule has 1 atom stereocenters. The number of hydrogen-bond acceptors (Lipinski definition) is 6. The number of benzene rings is 3. The molecule has 0 spiro atoms. The van der Waals surface area contributed by atoms with Crippen molar-refractivity contribution in [2.75, 3.05) is 45.6 Å². The molecule has 0 radical (unpaired) electrons. The van der Waals surface area contributed by atoms with Crippen LogP contribution in [0.5, 0.6) is 0 Å². The second kappa shape index (κ2) is 15.6. The molecule has 3 heterocycles. The topological polar surface area (TPSA) is 95.0 Å². The number of piperidine rings is 1.